The maximum atomic E-state index is 12.1. The van der Waals surface area contributed by atoms with Gasteiger partial charge in [-0.25, -0.2) is 0 Å². The lowest BCUT2D eigenvalue weighted by atomic mass is 9.93. The van der Waals surface area contributed by atoms with Gasteiger partial charge >= 0.3 is 5.97 Å². The minimum atomic E-state index is -0.425. The lowest BCUT2D eigenvalue weighted by Gasteiger charge is -2.28. The fourth-order valence-corrected chi connectivity index (χ4v) is 4.32. The molecule has 1 N–H and O–H groups in total. The summed E-state index contributed by atoms with van der Waals surface area (Å²) in [5.74, 6) is 1.19. The zero-order chi connectivity index (χ0) is 15.5. The molecule has 2 heterocycles. The molecule has 0 amide bonds. The Balaban J connectivity index is 1.75. The van der Waals surface area contributed by atoms with Crippen LogP contribution in [-0.4, -0.2) is 46.5 Å². The summed E-state index contributed by atoms with van der Waals surface area (Å²) < 4.78 is 11.1. The van der Waals surface area contributed by atoms with Gasteiger partial charge in [0.2, 0.25) is 0 Å². The number of aliphatic hydroxyl groups excluding tert-OH is 1. The van der Waals surface area contributed by atoms with E-state index in [2.05, 4.69) is 0 Å². The van der Waals surface area contributed by atoms with Gasteiger partial charge in [0.1, 0.15) is 10.9 Å². The van der Waals surface area contributed by atoms with E-state index in [9.17, 15) is 9.90 Å². The van der Waals surface area contributed by atoms with Crippen LogP contribution < -0.4 is 0 Å². The molecule has 5 heteroatoms. The number of rotatable bonds is 4. The van der Waals surface area contributed by atoms with Gasteiger partial charge in [0, 0.05) is 6.61 Å². The van der Waals surface area contributed by atoms with Gasteiger partial charge in [0.25, 0.3) is 0 Å². The molecule has 122 valence electrons. The average Bonchev–Trinajstić information content (AvgIpc) is 2.86. The van der Waals surface area contributed by atoms with Gasteiger partial charge in [0.15, 0.2) is 0 Å². The normalized spacial score (nSPS) is 31.9. The Kier molecular flexibility index (Phi) is 5.97. The maximum Gasteiger partial charge on any atom is 0.319 e. The van der Waals surface area contributed by atoms with Crippen LogP contribution in [0, 0.1) is 5.92 Å². The molecule has 0 aliphatic carbocycles. The van der Waals surface area contributed by atoms with E-state index in [4.69, 9.17) is 9.47 Å². The zero-order valence-electron chi connectivity index (χ0n) is 13.3. The van der Waals surface area contributed by atoms with Crippen LogP contribution in [0.1, 0.15) is 52.9 Å². The van der Waals surface area contributed by atoms with E-state index < -0.39 is 11.7 Å². The number of carbonyl (C=O) groups excluding carboxylic acids is 1. The second-order valence-corrected chi connectivity index (χ2v) is 8.40. The molecule has 21 heavy (non-hydrogen) atoms. The number of hydrogen-bond acceptors (Lipinski definition) is 5. The van der Waals surface area contributed by atoms with Crippen LogP contribution in [0.4, 0.5) is 0 Å². The van der Waals surface area contributed by atoms with E-state index in [1.807, 2.05) is 20.8 Å². The minimum absolute atomic E-state index is 0.00988. The molecular formula is C16H28O4S. The third kappa shape index (κ3) is 5.46. The summed E-state index contributed by atoms with van der Waals surface area (Å²) in [4.78, 5) is 12.1. The van der Waals surface area contributed by atoms with Crippen LogP contribution in [0.3, 0.4) is 0 Å². The highest BCUT2D eigenvalue weighted by Crippen LogP contribution is 2.36. The van der Waals surface area contributed by atoms with E-state index in [0.717, 1.165) is 44.5 Å². The van der Waals surface area contributed by atoms with Crippen LogP contribution in [0.15, 0.2) is 0 Å². The highest BCUT2D eigenvalue weighted by atomic mass is 32.2. The van der Waals surface area contributed by atoms with Crippen molar-refractivity contribution in [2.45, 2.75) is 75.9 Å². The summed E-state index contributed by atoms with van der Waals surface area (Å²) in [6.07, 6.45) is 4.33. The first-order chi connectivity index (χ1) is 9.85. The molecule has 0 saturated carbocycles. The Morgan fingerprint density at radius 1 is 1.43 bits per heavy atom. The van der Waals surface area contributed by atoms with Crippen LogP contribution in [0.2, 0.25) is 0 Å². The summed E-state index contributed by atoms with van der Waals surface area (Å²) in [6, 6.07) is 0. The van der Waals surface area contributed by atoms with E-state index in [0.29, 0.717) is 5.92 Å². The van der Waals surface area contributed by atoms with Gasteiger partial charge < -0.3 is 14.6 Å². The van der Waals surface area contributed by atoms with Crippen molar-refractivity contribution < 1.29 is 19.4 Å². The van der Waals surface area contributed by atoms with Gasteiger partial charge in [-0.05, 0) is 64.5 Å². The predicted octanol–water partition coefficient (Wildman–Crippen LogP) is 2.77. The first kappa shape index (κ1) is 17.1. The summed E-state index contributed by atoms with van der Waals surface area (Å²) in [5, 5.41) is 10.2. The van der Waals surface area contributed by atoms with Crippen LogP contribution in [-0.2, 0) is 14.3 Å². The molecular weight excluding hydrogens is 288 g/mol. The number of carbonyl (C=O) groups is 1. The minimum Gasteiger partial charge on any atom is -0.459 e. The van der Waals surface area contributed by atoms with Crippen molar-refractivity contribution in [1.29, 1.82) is 0 Å². The van der Waals surface area contributed by atoms with Crippen molar-refractivity contribution in [3.05, 3.63) is 0 Å². The highest BCUT2D eigenvalue weighted by molar-refractivity contribution is 8.00. The number of hydrogen-bond donors (Lipinski definition) is 1. The average molecular weight is 316 g/mol. The Hall–Kier alpha value is -0.260. The van der Waals surface area contributed by atoms with E-state index in [1.54, 1.807) is 11.8 Å². The first-order valence-electron chi connectivity index (χ1n) is 7.99. The molecule has 2 aliphatic rings. The van der Waals surface area contributed by atoms with Crippen LogP contribution in [0.5, 0.6) is 0 Å². The lowest BCUT2D eigenvalue weighted by molar-refractivity contribution is -0.154. The van der Waals surface area contributed by atoms with E-state index >= 15 is 0 Å². The molecule has 4 nitrogen and oxygen atoms in total. The monoisotopic (exact) mass is 316 g/mol. The molecule has 2 fully saturated rings. The van der Waals surface area contributed by atoms with Gasteiger partial charge in [-0.15, -0.1) is 11.8 Å². The van der Waals surface area contributed by atoms with E-state index in [1.165, 1.54) is 0 Å². The van der Waals surface area contributed by atoms with Gasteiger partial charge in [-0.3, -0.25) is 4.79 Å². The topological polar surface area (TPSA) is 55.8 Å². The highest BCUT2D eigenvalue weighted by Gasteiger charge is 2.36. The molecule has 0 bridgehead atoms. The summed E-state index contributed by atoms with van der Waals surface area (Å²) in [5.41, 5.74) is -0.425. The molecule has 2 aliphatic heterocycles. The Morgan fingerprint density at radius 2 is 2.19 bits per heavy atom. The molecule has 4 unspecified atom stereocenters. The van der Waals surface area contributed by atoms with Crippen molar-refractivity contribution in [3.63, 3.8) is 0 Å². The third-order valence-corrected chi connectivity index (χ3v) is 5.42. The van der Waals surface area contributed by atoms with Crippen LogP contribution >= 0.6 is 11.8 Å². The Morgan fingerprint density at radius 3 is 2.81 bits per heavy atom. The number of ether oxygens (including phenoxy) is 2. The molecule has 0 aromatic carbocycles. The Labute approximate surface area is 132 Å². The van der Waals surface area contributed by atoms with E-state index in [-0.39, 0.29) is 17.3 Å². The SMILES string of the molecule is CC(C)(C)OC(=O)C1CC(CC(O)C2CCCCO2)CS1. The predicted molar refractivity (Wildman–Crippen MR) is 84.4 cm³/mol. The summed E-state index contributed by atoms with van der Waals surface area (Å²) >= 11 is 1.66. The fraction of sp³-hybridized carbons (Fsp3) is 0.938. The quantitative estimate of drug-likeness (QED) is 0.808. The van der Waals surface area contributed by atoms with Crippen LogP contribution in [0.25, 0.3) is 0 Å². The van der Waals surface area contributed by atoms with Crippen molar-refractivity contribution in [3.8, 4) is 0 Å². The first-order valence-corrected chi connectivity index (χ1v) is 9.04. The number of esters is 1. The summed E-state index contributed by atoms with van der Waals surface area (Å²) in [7, 11) is 0. The van der Waals surface area contributed by atoms with Gasteiger partial charge in [0.05, 0.1) is 12.2 Å². The largest absolute Gasteiger partial charge is 0.459 e. The van der Waals surface area contributed by atoms with Crippen molar-refractivity contribution >= 4 is 17.7 Å². The van der Waals surface area contributed by atoms with Crippen molar-refractivity contribution in [2.75, 3.05) is 12.4 Å². The van der Waals surface area contributed by atoms with Gasteiger partial charge in [-0.1, -0.05) is 0 Å². The lowest BCUT2D eigenvalue weighted by Crippen LogP contribution is -2.34. The number of thioether (sulfide) groups is 1. The fourth-order valence-electron chi connectivity index (χ4n) is 2.95. The van der Waals surface area contributed by atoms with Crippen molar-refractivity contribution in [2.24, 2.45) is 5.92 Å². The standard InChI is InChI=1S/C16H28O4S/c1-16(2,3)20-15(18)14-9-11(10-21-14)8-12(17)13-6-4-5-7-19-13/h11-14,17H,4-10H2,1-3H3. The molecule has 0 radical (unpaired) electrons. The molecule has 4 atom stereocenters. The third-order valence-electron chi connectivity index (χ3n) is 3.97. The molecule has 0 aromatic rings. The second kappa shape index (κ2) is 7.34. The zero-order valence-corrected chi connectivity index (χ0v) is 14.2. The molecule has 2 saturated heterocycles. The van der Waals surface area contributed by atoms with Gasteiger partial charge in [-0.2, -0.15) is 0 Å². The molecule has 0 aromatic heterocycles. The summed E-state index contributed by atoms with van der Waals surface area (Å²) in [6.45, 7) is 6.45. The number of aliphatic hydroxyl groups is 1. The van der Waals surface area contributed by atoms with Crippen molar-refractivity contribution in [1.82, 2.24) is 0 Å². The smallest absolute Gasteiger partial charge is 0.319 e. The molecule has 2 rings (SSSR count). The second-order valence-electron chi connectivity index (χ2n) is 7.17. The maximum absolute atomic E-state index is 12.1. The Bertz CT molecular complexity index is 347. The molecule has 0 spiro atoms.